The molecule has 2 N–H and O–H groups in total. The third-order valence-corrected chi connectivity index (χ3v) is 8.08. The van der Waals surface area contributed by atoms with Crippen molar-refractivity contribution in [3.63, 3.8) is 0 Å². The summed E-state index contributed by atoms with van der Waals surface area (Å²) in [6.45, 7) is 9.13. The smallest absolute Gasteiger partial charge is 0.228 e. The molecule has 10 nitrogen and oxygen atoms in total. The number of rotatable bonds is 4. The largest absolute Gasteiger partial charge is 0.378 e. The molecule has 0 amide bonds. The van der Waals surface area contributed by atoms with Crippen LogP contribution in [0.1, 0.15) is 12.0 Å². The molecule has 2 fully saturated rings. The van der Waals surface area contributed by atoms with Gasteiger partial charge in [-0.3, -0.25) is 4.67 Å². The number of hydrogen-bond acceptors (Lipinski definition) is 9. The summed E-state index contributed by atoms with van der Waals surface area (Å²) in [5.41, 5.74) is 8.56. The van der Waals surface area contributed by atoms with Crippen LogP contribution in [0.25, 0.3) is 11.3 Å². The van der Waals surface area contributed by atoms with Crippen molar-refractivity contribution in [2.24, 2.45) is 0 Å². The average molecular weight is 444 g/mol. The summed E-state index contributed by atoms with van der Waals surface area (Å²) in [7, 11) is -2.25. The predicted molar refractivity (Wildman–Crippen MR) is 121 cm³/mol. The highest BCUT2D eigenvalue weighted by molar-refractivity contribution is 7.59. The van der Waals surface area contributed by atoms with E-state index in [0.717, 1.165) is 68.2 Å². The number of morpholine rings is 1. The van der Waals surface area contributed by atoms with E-state index in [2.05, 4.69) is 24.4 Å². The summed E-state index contributed by atoms with van der Waals surface area (Å²) in [6.07, 6.45) is 5.32. The topological polar surface area (TPSA) is 114 Å². The Bertz CT molecular complexity index is 1000. The van der Waals surface area contributed by atoms with Crippen molar-refractivity contribution in [2.75, 3.05) is 74.8 Å². The molecule has 1 atom stereocenters. The number of fused-ring (bicyclic) bond motifs is 1. The van der Waals surface area contributed by atoms with Gasteiger partial charge in [-0.2, -0.15) is 4.98 Å². The molecule has 5 heterocycles. The van der Waals surface area contributed by atoms with Gasteiger partial charge in [-0.15, -0.1) is 0 Å². The Morgan fingerprint density at radius 3 is 2.52 bits per heavy atom. The first kappa shape index (κ1) is 20.6. The number of aromatic nitrogens is 4. The summed E-state index contributed by atoms with van der Waals surface area (Å²) in [4.78, 5) is 22.9. The van der Waals surface area contributed by atoms with Gasteiger partial charge in [0.05, 0.1) is 18.9 Å². The van der Waals surface area contributed by atoms with E-state index < -0.39 is 7.29 Å². The fraction of sp³-hybridized carbons (Fsp3) is 0.600. The van der Waals surface area contributed by atoms with Gasteiger partial charge >= 0.3 is 0 Å². The van der Waals surface area contributed by atoms with E-state index >= 15 is 0 Å². The normalized spacial score (nSPS) is 22.2. The summed E-state index contributed by atoms with van der Waals surface area (Å²) >= 11 is 0. The molecular formula is C20H29N8O2P. The molecule has 0 radical (unpaired) electrons. The summed E-state index contributed by atoms with van der Waals surface area (Å²) in [6, 6.07) is 0.303. The molecule has 0 aromatic carbocycles. The highest BCUT2D eigenvalue weighted by atomic mass is 31.2. The quantitative estimate of drug-likeness (QED) is 0.693. The van der Waals surface area contributed by atoms with E-state index in [4.69, 9.17) is 20.4 Å². The average Bonchev–Trinajstić information content (AvgIpc) is 3.41. The molecule has 3 aliphatic heterocycles. The third kappa shape index (κ3) is 4.00. The second-order valence-corrected chi connectivity index (χ2v) is 11.8. The Kier molecular flexibility index (Phi) is 5.32. The molecular weight excluding hydrogens is 415 g/mol. The summed E-state index contributed by atoms with van der Waals surface area (Å²) in [5.74, 6) is 1.95. The minimum atomic E-state index is -2.25. The van der Waals surface area contributed by atoms with Crippen LogP contribution in [0.3, 0.4) is 0 Å². The third-order valence-electron chi connectivity index (χ3n) is 6.35. The molecule has 3 aliphatic rings. The predicted octanol–water partition coefficient (Wildman–Crippen LogP) is 1.33. The van der Waals surface area contributed by atoms with E-state index in [1.54, 1.807) is 12.4 Å². The molecule has 0 saturated carbocycles. The van der Waals surface area contributed by atoms with Crippen molar-refractivity contribution in [1.29, 1.82) is 0 Å². The first-order valence-corrected chi connectivity index (χ1v) is 13.3. The minimum Gasteiger partial charge on any atom is -0.378 e. The molecule has 11 heteroatoms. The Balaban J connectivity index is 1.53. The maximum atomic E-state index is 12.6. The lowest BCUT2D eigenvalue weighted by molar-refractivity contribution is 0.122. The fourth-order valence-corrected chi connectivity index (χ4v) is 5.82. The number of nitrogens with zero attached hydrogens (tertiary/aromatic N) is 7. The molecule has 2 aromatic rings. The van der Waals surface area contributed by atoms with Gasteiger partial charge in [-0.25, -0.2) is 15.0 Å². The number of ether oxygens (including phenoxy) is 1. The van der Waals surface area contributed by atoms with Crippen LogP contribution in [0.2, 0.25) is 0 Å². The van der Waals surface area contributed by atoms with Crippen LogP contribution in [-0.2, 0) is 15.7 Å². The van der Waals surface area contributed by atoms with Crippen LogP contribution in [0.15, 0.2) is 12.4 Å². The first-order valence-electron chi connectivity index (χ1n) is 10.8. The zero-order valence-corrected chi connectivity index (χ0v) is 19.0. The van der Waals surface area contributed by atoms with Gasteiger partial charge in [0.15, 0.2) is 0 Å². The Morgan fingerprint density at radius 1 is 1.10 bits per heavy atom. The van der Waals surface area contributed by atoms with Crippen LogP contribution in [0, 0.1) is 0 Å². The van der Waals surface area contributed by atoms with E-state index in [9.17, 15) is 4.57 Å². The van der Waals surface area contributed by atoms with Gasteiger partial charge in [0.2, 0.25) is 11.9 Å². The fourth-order valence-electron chi connectivity index (χ4n) is 4.64. The van der Waals surface area contributed by atoms with Gasteiger partial charge in [-0.1, -0.05) is 0 Å². The van der Waals surface area contributed by atoms with Gasteiger partial charge in [-0.05, 0) is 12.8 Å². The molecule has 5 rings (SSSR count). The zero-order chi connectivity index (χ0) is 21.6. The number of nitrogen functional groups attached to an aromatic ring is 1. The van der Waals surface area contributed by atoms with Crippen LogP contribution >= 0.6 is 7.29 Å². The van der Waals surface area contributed by atoms with Crippen molar-refractivity contribution in [2.45, 2.75) is 18.9 Å². The van der Waals surface area contributed by atoms with Crippen molar-refractivity contribution in [1.82, 2.24) is 24.6 Å². The van der Waals surface area contributed by atoms with Gasteiger partial charge in [0.1, 0.15) is 13.1 Å². The maximum absolute atomic E-state index is 12.6. The molecule has 2 aromatic heterocycles. The molecule has 0 spiro atoms. The molecule has 166 valence electrons. The number of nitrogens with two attached hydrogens (primary N) is 1. The highest BCUT2D eigenvalue weighted by Gasteiger charge is 2.38. The van der Waals surface area contributed by atoms with Crippen LogP contribution in [-0.4, -0.2) is 89.9 Å². The zero-order valence-electron chi connectivity index (χ0n) is 18.1. The van der Waals surface area contributed by atoms with Crippen LogP contribution < -0.4 is 15.5 Å². The number of hydrogen-bond donors (Lipinski definition) is 1. The minimum absolute atomic E-state index is 0.249. The van der Waals surface area contributed by atoms with Crippen molar-refractivity contribution < 1.29 is 9.30 Å². The Labute approximate surface area is 182 Å². The summed E-state index contributed by atoms with van der Waals surface area (Å²) < 4.78 is 20.2. The molecule has 0 bridgehead atoms. The van der Waals surface area contributed by atoms with E-state index in [1.807, 2.05) is 13.3 Å². The first-order chi connectivity index (χ1) is 14.9. The van der Waals surface area contributed by atoms with Gasteiger partial charge in [0.25, 0.3) is 0 Å². The lowest BCUT2D eigenvalue weighted by Gasteiger charge is -2.30. The van der Waals surface area contributed by atoms with E-state index in [0.29, 0.717) is 25.2 Å². The SMILES string of the molecule is CP(C)(=O)N1CC[C@H](N2CCc3c(-c4cnc(N)nc4)nc(N4CCOCC4)nc32)C1. The van der Waals surface area contributed by atoms with E-state index in [-0.39, 0.29) is 5.95 Å². The van der Waals surface area contributed by atoms with Gasteiger partial charge < -0.3 is 24.8 Å². The molecule has 0 aliphatic carbocycles. The maximum Gasteiger partial charge on any atom is 0.228 e. The summed E-state index contributed by atoms with van der Waals surface area (Å²) in [5, 5.41) is 0. The highest BCUT2D eigenvalue weighted by Crippen LogP contribution is 2.45. The number of anilines is 3. The van der Waals surface area contributed by atoms with Gasteiger partial charge in [0, 0.05) is 75.6 Å². The second kappa shape index (κ2) is 8.00. The Hall–Kier alpha value is -2.29. The van der Waals surface area contributed by atoms with Crippen molar-refractivity contribution in [3.8, 4) is 11.3 Å². The molecule has 31 heavy (non-hydrogen) atoms. The van der Waals surface area contributed by atoms with E-state index in [1.165, 1.54) is 0 Å². The van der Waals surface area contributed by atoms with Crippen molar-refractivity contribution in [3.05, 3.63) is 18.0 Å². The molecule has 0 unspecified atom stereocenters. The Morgan fingerprint density at radius 2 is 1.84 bits per heavy atom. The van der Waals surface area contributed by atoms with Crippen LogP contribution in [0.4, 0.5) is 17.7 Å². The second-order valence-electron chi connectivity index (χ2n) is 8.70. The molecule has 2 saturated heterocycles. The standard InChI is InChI=1S/C20H29N8O2P/c1-31(2,29)27-5-3-15(13-27)28-6-4-16-17(14-11-22-19(21)23-12-14)24-20(25-18(16)28)26-7-9-30-10-8-26/h11-12,15H,3-10,13H2,1-2H3,(H2,21,22,23)/t15-/m0/s1. The van der Waals surface area contributed by atoms with Crippen LogP contribution in [0.5, 0.6) is 0 Å². The monoisotopic (exact) mass is 444 g/mol. The lowest BCUT2D eigenvalue weighted by atomic mass is 10.1. The van der Waals surface area contributed by atoms with Crippen molar-refractivity contribution >= 4 is 25.0 Å². The lowest BCUT2D eigenvalue weighted by Crippen LogP contribution is -2.39.